The second kappa shape index (κ2) is 28.7. The van der Waals surface area contributed by atoms with E-state index in [2.05, 4.69) is 25.0 Å². The third-order valence-corrected chi connectivity index (χ3v) is 23.8. The lowest BCUT2D eigenvalue weighted by Crippen LogP contribution is -2.35. The number of carboxylic acid groups (broad SMARTS) is 1. The Hall–Kier alpha value is -6.00. The minimum absolute atomic E-state index is 0.124. The lowest BCUT2D eigenvalue weighted by Gasteiger charge is -2.17. The van der Waals surface area contributed by atoms with E-state index in [1.807, 2.05) is 27.7 Å². The Morgan fingerprint density at radius 2 is 0.980 bits per heavy atom. The number of amides is 1. The first-order valence-corrected chi connectivity index (χ1v) is 38.6. The molecule has 4 saturated heterocycles. The average molecular weight is 1520 g/mol. The first-order chi connectivity index (χ1) is 47.4. The van der Waals surface area contributed by atoms with Crippen LogP contribution >= 0.6 is 69.1 Å². The van der Waals surface area contributed by atoms with Crippen molar-refractivity contribution in [1.29, 1.82) is 0 Å². The molecule has 4 saturated carbocycles. The number of carbonyl (C=O) groups is 2. The molecule has 16 rings (SSSR count). The molecule has 4 aliphatic carbocycles. The standard InChI is InChI=1S/C33H33Cl2N3O9S2.C30H28Cl2N2O8S.C3H7NO2S/c1-15(2)45-22-10-17(32(39)38-49(40,41)18-8-9-18)11-25-28(22)36-33(48-25)46-24-14-44-30-23(13-43-31(24)30)42-12-19-27(37-47-29(19)16-6-7-16)26-20(34)4-3-5-21(26)35;1-13(2)40-19-8-15(29(35)36)9-22-25(19)33-30(43-22)41-21-12-39-27-20(11-38-28(21)27)37-10-16-24(34-42-26(16)14-6-7-14)23-17(31)4-3-5-18(23)32;4-7(5,6)3-1-2-3/h3-5,10-11,15-16,18,23-24,30-31H,6-9,12-14H2,1-2H3,(H,38,39);3-5,8-9,13-14,20-21,27-28H,6-7,10-12H2,1-2H3,(H,35,36);3H,1-2H2,(H2,4,5,6)/t23-,24+,30+,31+;20-,21+,27+,28+;/m00./s1. The van der Waals surface area contributed by atoms with E-state index in [4.69, 9.17) is 108 Å². The number of aromatic nitrogens is 4. The number of halogens is 4. The Morgan fingerprint density at radius 1 is 0.586 bits per heavy atom. The van der Waals surface area contributed by atoms with E-state index in [0.717, 1.165) is 61.2 Å². The van der Waals surface area contributed by atoms with Crippen LogP contribution in [0.15, 0.2) is 69.7 Å². The van der Waals surface area contributed by atoms with E-state index in [-0.39, 0.29) is 84.8 Å². The number of aromatic carboxylic acids is 1. The van der Waals surface area contributed by atoms with Gasteiger partial charge in [0.25, 0.3) is 16.3 Å². The molecule has 0 spiro atoms. The number of carboxylic acids is 1. The molecule has 8 aliphatic rings. The van der Waals surface area contributed by atoms with Crippen molar-refractivity contribution < 1.29 is 87.9 Å². The molecule has 25 nitrogen and oxygen atoms in total. The van der Waals surface area contributed by atoms with Crippen LogP contribution in [0.2, 0.25) is 20.1 Å². The van der Waals surface area contributed by atoms with Gasteiger partial charge >= 0.3 is 5.97 Å². The predicted molar refractivity (Wildman–Crippen MR) is 366 cm³/mol. The Morgan fingerprint density at radius 3 is 1.35 bits per heavy atom. The van der Waals surface area contributed by atoms with Crippen LogP contribution in [0.1, 0.15) is 134 Å². The highest BCUT2D eigenvalue weighted by Crippen LogP contribution is 2.49. The molecule has 8 atom stereocenters. The molecule has 528 valence electrons. The topological polar surface area (TPSA) is 331 Å². The summed E-state index contributed by atoms with van der Waals surface area (Å²) in [6, 6.07) is 16.8. The Labute approximate surface area is 596 Å². The summed E-state index contributed by atoms with van der Waals surface area (Å²) >= 11 is 28.5. The van der Waals surface area contributed by atoms with Gasteiger partial charge in [0.05, 0.1) is 97.4 Å². The average Bonchev–Trinajstić information content (AvgIpc) is 1.62. The molecule has 99 heavy (non-hydrogen) atoms. The summed E-state index contributed by atoms with van der Waals surface area (Å²) in [5.74, 6) is 1.19. The maximum Gasteiger partial charge on any atom is 0.335 e. The van der Waals surface area contributed by atoms with Gasteiger partial charge in [-0.1, -0.05) is 91.5 Å². The number of nitrogens with zero attached hydrogens (tertiary/aromatic N) is 4. The highest BCUT2D eigenvalue weighted by Gasteiger charge is 2.52. The zero-order valence-corrected chi connectivity index (χ0v) is 59.9. The summed E-state index contributed by atoms with van der Waals surface area (Å²) in [7, 11) is -6.85. The number of hydrogen-bond acceptors (Lipinski definition) is 24. The van der Waals surface area contributed by atoms with Gasteiger partial charge in [0.1, 0.15) is 82.1 Å². The number of benzene rings is 4. The van der Waals surface area contributed by atoms with Gasteiger partial charge < -0.3 is 61.5 Å². The molecule has 8 fully saturated rings. The van der Waals surface area contributed by atoms with Crippen molar-refractivity contribution in [1.82, 2.24) is 25.0 Å². The van der Waals surface area contributed by atoms with Gasteiger partial charge in [0.15, 0.2) is 12.2 Å². The molecule has 0 radical (unpaired) electrons. The van der Waals surface area contributed by atoms with Crippen LogP contribution in [-0.2, 0) is 61.7 Å². The number of thiazole rings is 2. The molecule has 0 unspecified atom stereocenters. The number of sulfonamides is 2. The number of fused-ring (bicyclic) bond motifs is 4. The molecule has 4 N–H and O–H groups in total. The van der Waals surface area contributed by atoms with Crippen molar-refractivity contribution >= 4 is 121 Å². The summed E-state index contributed by atoms with van der Waals surface area (Å²) in [4.78, 5) is 33.9. The molecule has 1 amide bonds. The molecule has 4 aromatic heterocycles. The fraction of sp³-hybridized carbons (Fsp3) is 0.485. The van der Waals surface area contributed by atoms with Gasteiger partial charge in [-0.2, -0.15) is 9.97 Å². The van der Waals surface area contributed by atoms with E-state index in [1.54, 1.807) is 48.5 Å². The van der Waals surface area contributed by atoms with Crippen LogP contribution in [0.25, 0.3) is 42.9 Å². The highest BCUT2D eigenvalue weighted by atomic mass is 35.5. The second-order valence-electron chi connectivity index (χ2n) is 25.9. The highest BCUT2D eigenvalue weighted by molar-refractivity contribution is 7.91. The zero-order valence-electron chi connectivity index (χ0n) is 53.6. The van der Waals surface area contributed by atoms with E-state index in [0.29, 0.717) is 124 Å². The molecule has 8 heterocycles. The van der Waals surface area contributed by atoms with Gasteiger partial charge in [-0.05, 0) is 128 Å². The van der Waals surface area contributed by atoms with Crippen molar-refractivity contribution in [3.8, 4) is 44.4 Å². The Balaban J connectivity index is 0.000000155. The fourth-order valence-electron chi connectivity index (χ4n) is 12.1. The number of primary sulfonamides is 1. The molecule has 0 bridgehead atoms. The molecule has 4 aliphatic heterocycles. The van der Waals surface area contributed by atoms with Crippen molar-refractivity contribution in [2.24, 2.45) is 5.14 Å². The predicted octanol–water partition coefficient (Wildman–Crippen LogP) is 12.5. The summed E-state index contributed by atoms with van der Waals surface area (Å²) in [6.45, 7) is 9.09. The smallest absolute Gasteiger partial charge is 0.335 e. The summed E-state index contributed by atoms with van der Waals surface area (Å²) in [6.07, 6.45) is 3.29. The van der Waals surface area contributed by atoms with Crippen LogP contribution in [0.4, 0.5) is 0 Å². The molecule has 4 aromatic carbocycles. The first kappa shape index (κ1) is 70.1. The number of nitrogens with one attached hydrogen (secondary N) is 1. The minimum Gasteiger partial charge on any atom is -0.489 e. The maximum absolute atomic E-state index is 13.0. The summed E-state index contributed by atoms with van der Waals surface area (Å²) in [5.41, 5.74) is 5.39. The molecular formula is C66H68Cl4N6O19S4. The number of carbonyl (C=O) groups excluding carboxylic acids is 1. The molecular weight excluding hydrogens is 1450 g/mol. The van der Waals surface area contributed by atoms with Crippen LogP contribution in [0.3, 0.4) is 0 Å². The van der Waals surface area contributed by atoms with Crippen LogP contribution in [0, 0.1) is 0 Å². The SMILES string of the molecule is CC(C)Oc1cc(C(=O)NS(=O)(=O)C2CC2)cc2sc(O[C@@H]3CO[C@H]4[C@@H]3OC[C@@H]4OCc3c(-c4c(Cl)cccc4Cl)noc3C3CC3)nc12.CC(C)Oc1cc(C(=O)O)cc2sc(O[C@@H]3CO[C@H]4[C@@H]3OC[C@@H]4OCc3c(-c4c(Cl)cccc4Cl)noc3C3CC3)nc12.NS(=O)(=O)C1CC1. The Bertz CT molecular complexity index is 4570. The van der Waals surface area contributed by atoms with Crippen LogP contribution in [-0.4, -0.2) is 152 Å². The monoisotopic (exact) mass is 1520 g/mol. The summed E-state index contributed by atoms with van der Waals surface area (Å²) < 4.78 is 122. The molecule has 8 aromatic rings. The van der Waals surface area contributed by atoms with Gasteiger partial charge in [0.2, 0.25) is 20.0 Å². The van der Waals surface area contributed by atoms with Crippen molar-refractivity contribution in [2.45, 2.75) is 176 Å². The number of hydrogen-bond donors (Lipinski definition) is 3. The van der Waals surface area contributed by atoms with E-state index in [1.165, 1.54) is 34.8 Å². The Kier molecular flexibility index (Phi) is 20.3. The van der Waals surface area contributed by atoms with Gasteiger partial charge in [-0.15, -0.1) is 0 Å². The first-order valence-electron chi connectivity index (χ1n) is 32.3. The number of ether oxygens (including phenoxy) is 10. The number of rotatable bonds is 23. The van der Waals surface area contributed by atoms with Gasteiger partial charge in [0, 0.05) is 39.7 Å². The van der Waals surface area contributed by atoms with Gasteiger partial charge in [-0.25, -0.2) is 31.5 Å². The van der Waals surface area contributed by atoms with E-state index >= 15 is 0 Å². The van der Waals surface area contributed by atoms with Crippen LogP contribution < -0.4 is 28.8 Å². The van der Waals surface area contributed by atoms with Crippen molar-refractivity contribution in [2.75, 3.05) is 26.4 Å². The third-order valence-electron chi connectivity index (χ3n) is 17.5. The van der Waals surface area contributed by atoms with Crippen LogP contribution in [0.5, 0.6) is 21.9 Å². The summed E-state index contributed by atoms with van der Waals surface area (Å²) in [5, 5.41) is 24.9. The number of nitrogens with two attached hydrogens (primary N) is 1. The van der Waals surface area contributed by atoms with E-state index < -0.39 is 55.5 Å². The van der Waals surface area contributed by atoms with Crippen molar-refractivity contribution in [3.05, 3.63) is 115 Å². The van der Waals surface area contributed by atoms with Crippen molar-refractivity contribution in [3.63, 3.8) is 0 Å². The molecule has 33 heteroatoms. The maximum atomic E-state index is 13.0. The van der Waals surface area contributed by atoms with Gasteiger partial charge in [-0.3, -0.25) is 4.79 Å². The zero-order chi connectivity index (χ0) is 69.3. The minimum atomic E-state index is -3.72. The lowest BCUT2D eigenvalue weighted by atomic mass is 10.0. The third kappa shape index (κ3) is 15.5. The fourth-order valence-corrected chi connectivity index (χ4v) is 17.2. The quantitative estimate of drug-likeness (QED) is 0.0535. The second-order valence-corrected chi connectivity index (χ2v) is 33.3. The largest absolute Gasteiger partial charge is 0.489 e. The normalized spacial score (nSPS) is 23.4. The van der Waals surface area contributed by atoms with E-state index in [9.17, 15) is 31.5 Å². The lowest BCUT2D eigenvalue weighted by molar-refractivity contribution is -0.0428.